The standard InChI is InChI=1S/C17H19NO3/c1-18(10-11-2-5-13(6-3-11)17(20)21)16(19)15-9-12-4-7-14(15)8-12/h2-7,12,14-15H,8-10H2,1H3,(H,20,21). The van der Waals surface area contributed by atoms with E-state index < -0.39 is 5.97 Å². The molecule has 3 rings (SSSR count). The number of benzene rings is 1. The molecular weight excluding hydrogens is 266 g/mol. The van der Waals surface area contributed by atoms with Crippen LogP contribution in [0, 0.1) is 17.8 Å². The average Bonchev–Trinajstić information content (AvgIpc) is 3.09. The fourth-order valence-electron chi connectivity index (χ4n) is 3.45. The van der Waals surface area contributed by atoms with E-state index in [1.807, 2.05) is 7.05 Å². The van der Waals surface area contributed by atoms with E-state index in [0.717, 1.165) is 18.4 Å². The Labute approximate surface area is 124 Å². The van der Waals surface area contributed by atoms with Gasteiger partial charge in [0.1, 0.15) is 0 Å². The maximum absolute atomic E-state index is 12.5. The molecule has 1 fully saturated rings. The van der Waals surface area contributed by atoms with E-state index in [4.69, 9.17) is 5.11 Å². The normalized spacial score (nSPS) is 26.0. The molecular formula is C17H19NO3. The highest BCUT2D eigenvalue weighted by Crippen LogP contribution is 2.44. The predicted molar refractivity (Wildman–Crippen MR) is 78.7 cm³/mol. The molecule has 1 aromatic rings. The molecule has 1 saturated carbocycles. The van der Waals surface area contributed by atoms with Gasteiger partial charge in [0.25, 0.3) is 0 Å². The molecule has 2 bridgehead atoms. The van der Waals surface area contributed by atoms with E-state index >= 15 is 0 Å². The Hall–Kier alpha value is -2.10. The van der Waals surface area contributed by atoms with Crippen molar-refractivity contribution >= 4 is 11.9 Å². The fraction of sp³-hybridized carbons (Fsp3) is 0.412. The second-order valence-corrected chi connectivity index (χ2v) is 6.08. The zero-order valence-corrected chi connectivity index (χ0v) is 12.0. The Bertz CT molecular complexity index is 591. The Morgan fingerprint density at radius 3 is 2.43 bits per heavy atom. The molecule has 1 N–H and O–H groups in total. The number of rotatable bonds is 4. The average molecular weight is 285 g/mol. The van der Waals surface area contributed by atoms with Crippen LogP contribution in [-0.2, 0) is 11.3 Å². The van der Waals surface area contributed by atoms with Crippen LogP contribution >= 0.6 is 0 Å². The number of hydrogen-bond donors (Lipinski definition) is 1. The van der Waals surface area contributed by atoms with Crippen LogP contribution in [0.15, 0.2) is 36.4 Å². The largest absolute Gasteiger partial charge is 0.478 e. The molecule has 21 heavy (non-hydrogen) atoms. The minimum absolute atomic E-state index is 0.128. The monoisotopic (exact) mass is 285 g/mol. The van der Waals surface area contributed by atoms with Gasteiger partial charge in [0, 0.05) is 19.5 Å². The van der Waals surface area contributed by atoms with Gasteiger partial charge < -0.3 is 10.0 Å². The highest BCUT2D eigenvalue weighted by Gasteiger charge is 2.40. The minimum atomic E-state index is -0.931. The van der Waals surface area contributed by atoms with E-state index in [9.17, 15) is 9.59 Å². The number of carboxylic acid groups (broad SMARTS) is 1. The summed E-state index contributed by atoms with van der Waals surface area (Å²) in [6.45, 7) is 0.524. The second kappa shape index (κ2) is 5.35. The zero-order chi connectivity index (χ0) is 15.0. The van der Waals surface area contributed by atoms with E-state index in [0.29, 0.717) is 18.4 Å². The van der Waals surface area contributed by atoms with Crippen molar-refractivity contribution < 1.29 is 14.7 Å². The van der Waals surface area contributed by atoms with Crippen LogP contribution in [0.5, 0.6) is 0 Å². The molecule has 1 amide bonds. The number of hydrogen-bond acceptors (Lipinski definition) is 2. The molecule has 0 aromatic heterocycles. The third kappa shape index (κ3) is 2.71. The summed E-state index contributed by atoms with van der Waals surface area (Å²) < 4.78 is 0. The quantitative estimate of drug-likeness (QED) is 0.865. The summed E-state index contributed by atoms with van der Waals surface area (Å²) in [5.41, 5.74) is 1.22. The van der Waals surface area contributed by atoms with Crippen molar-refractivity contribution in [3.8, 4) is 0 Å². The Morgan fingerprint density at radius 1 is 1.19 bits per heavy atom. The lowest BCUT2D eigenvalue weighted by Gasteiger charge is -2.24. The van der Waals surface area contributed by atoms with E-state index in [1.165, 1.54) is 0 Å². The summed E-state index contributed by atoms with van der Waals surface area (Å²) in [5, 5.41) is 8.88. The van der Waals surface area contributed by atoms with Crippen molar-refractivity contribution in [1.82, 2.24) is 4.90 Å². The van der Waals surface area contributed by atoms with E-state index in [2.05, 4.69) is 12.2 Å². The van der Waals surface area contributed by atoms with Crippen LogP contribution in [0.1, 0.15) is 28.8 Å². The smallest absolute Gasteiger partial charge is 0.335 e. The summed E-state index contributed by atoms with van der Waals surface area (Å²) in [7, 11) is 1.82. The van der Waals surface area contributed by atoms with Crippen LogP contribution in [0.4, 0.5) is 0 Å². The number of aromatic carboxylic acids is 1. The number of nitrogens with zero attached hydrogens (tertiary/aromatic N) is 1. The third-order valence-electron chi connectivity index (χ3n) is 4.59. The maximum atomic E-state index is 12.5. The summed E-state index contributed by atoms with van der Waals surface area (Å²) in [6, 6.07) is 6.70. The first-order valence-corrected chi connectivity index (χ1v) is 7.30. The summed E-state index contributed by atoms with van der Waals surface area (Å²) in [4.78, 5) is 25.1. The molecule has 4 nitrogen and oxygen atoms in total. The van der Waals surface area contributed by atoms with Crippen molar-refractivity contribution in [3.05, 3.63) is 47.5 Å². The van der Waals surface area contributed by atoms with Gasteiger partial charge in [-0.25, -0.2) is 4.79 Å². The minimum Gasteiger partial charge on any atom is -0.478 e. The lowest BCUT2D eigenvalue weighted by atomic mass is 9.92. The van der Waals surface area contributed by atoms with Crippen molar-refractivity contribution in [2.45, 2.75) is 19.4 Å². The molecule has 4 heteroatoms. The molecule has 3 unspecified atom stereocenters. The van der Waals surface area contributed by atoms with Gasteiger partial charge in [-0.1, -0.05) is 24.3 Å². The predicted octanol–water partition coefficient (Wildman–Crippen LogP) is 2.56. The highest BCUT2D eigenvalue weighted by atomic mass is 16.4. The fourth-order valence-corrected chi connectivity index (χ4v) is 3.45. The van der Waals surface area contributed by atoms with E-state index in [-0.39, 0.29) is 17.4 Å². The first-order valence-electron chi connectivity index (χ1n) is 7.30. The summed E-state index contributed by atoms with van der Waals surface area (Å²) >= 11 is 0. The lowest BCUT2D eigenvalue weighted by Crippen LogP contribution is -2.34. The van der Waals surface area contributed by atoms with Gasteiger partial charge in [0.15, 0.2) is 0 Å². The van der Waals surface area contributed by atoms with Crippen LogP contribution in [0.2, 0.25) is 0 Å². The second-order valence-electron chi connectivity index (χ2n) is 6.08. The number of carbonyl (C=O) groups excluding carboxylic acids is 1. The number of fused-ring (bicyclic) bond motifs is 2. The SMILES string of the molecule is CN(Cc1ccc(C(=O)O)cc1)C(=O)C1CC2C=CC1C2. The third-order valence-corrected chi connectivity index (χ3v) is 4.59. The van der Waals surface area contributed by atoms with Gasteiger partial charge in [0.05, 0.1) is 5.56 Å². The molecule has 2 aliphatic carbocycles. The number of amides is 1. The molecule has 0 radical (unpaired) electrons. The molecule has 0 spiro atoms. The first-order chi connectivity index (χ1) is 10.0. The highest BCUT2D eigenvalue weighted by molar-refractivity contribution is 5.87. The Morgan fingerprint density at radius 2 is 1.90 bits per heavy atom. The Balaban J connectivity index is 1.63. The van der Waals surface area contributed by atoms with Gasteiger partial charge in [0.2, 0.25) is 5.91 Å². The van der Waals surface area contributed by atoms with Gasteiger partial charge in [-0.2, -0.15) is 0 Å². The van der Waals surface area contributed by atoms with Gasteiger partial charge in [-0.3, -0.25) is 4.79 Å². The van der Waals surface area contributed by atoms with Crippen molar-refractivity contribution in [3.63, 3.8) is 0 Å². The maximum Gasteiger partial charge on any atom is 0.335 e. The zero-order valence-electron chi connectivity index (χ0n) is 12.0. The lowest BCUT2D eigenvalue weighted by molar-refractivity contribution is -0.135. The van der Waals surface area contributed by atoms with Crippen LogP contribution in [-0.4, -0.2) is 28.9 Å². The van der Waals surface area contributed by atoms with Crippen LogP contribution < -0.4 is 0 Å². The molecule has 2 aliphatic rings. The number of allylic oxidation sites excluding steroid dienone is 2. The molecule has 0 saturated heterocycles. The molecule has 3 atom stereocenters. The van der Waals surface area contributed by atoms with Gasteiger partial charge in [-0.15, -0.1) is 0 Å². The first kappa shape index (κ1) is 13.9. The summed E-state index contributed by atoms with van der Waals surface area (Å²) in [6.07, 6.45) is 6.52. The molecule has 0 aliphatic heterocycles. The van der Waals surface area contributed by atoms with Crippen LogP contribution in [0.3, 0.4) is 0 Å². The van der Waals surface area contributed by atoms with Crippen molar-refractivity contribution in [1.29, 1.82) is 0 Å². The summed E-state index contributed by atoms with van der Waals surface area (Å²) in [5.74, 6) is 0.406. The molecule has 0 heterocycles. The van der Waals surface area contributed by atoms with Gasteiger partial charge in [-0.05, 0) is 42.4 Å². The van der Waals surface area contributed by atoms with Gasteiger partial charge >= 0.3 is 5.97 Å². The molecule has 1 aromatic carbocycles. The number of carboxylic acids is 1. The van der Waals surface area contributed by atoms with Crippen LogP contribution in [0.25, 0.3) is 0 Å². The molecule has 110 valence electrons. The Kier molecular flexibility index (Phi) is 3.53. The van der Waals surface area contributed by atoms with Crippen molar-refractivity contribution in [2.75, 3.05) is 7.05 Å². The topological polar surface area (TPSA) is 57.6 Å². The van der Waals surface area contributed by atoms with Crippen molar-refractivity contribution in [2.24, 2.45) is 17.8 Å². The van der Waals surface area contributed by atoms with E-state index in [1.54, 1.807) is 29.2 Å². The number of carbonyl (C=O) groups is 2.